The van der Waals surface area contributed by atoms with E-state index >= 15 is 0 Å². The van der Waals surface area contributed by atoms with Crippen LogP contribution in [0.15, 0.2) is 60.7 Å². The molecule has 2 aromatic rings. The molecule has 168 valence electrons. The zero-order valence-electron chi connectivity index (χ0n) is 19.7. The van der Waals surface area contributed by atoms with Crippen LogP contribution in [0.2, 0.25) is 0 Å². The molecule has 3 heteroatoms. The van der Waals surface area contributed by atoms with Crippen LogP contribution in [-0.4, -0.2) is 23.1 Å². The van der Waals surface area contributed by atoms with Crippen molar-refractivity contribution in [1.82, 2.24) is 0 Å². The van der Waals surface area contributed by atoms with E-state index in [2.05, 4.69) is 27.7 Å². The van der Waals surface area contributed by atoms with Crippen LogP contribution in [0.3, 0.4) is 0 Å². The molecule has 0 aliphatic heterocycles. The summed E-state index contributed by atoms with van der Waals surface area (Å²) < 4.78 is 0. The van der Waals surface area contributed by atoms with Crippen LogP contribution in [0, 0.1) is 10.8 Å². The zero-order chi connectivity index (χ0) is 22.7. The van der Waals surface area contributed by atoms with Crippen molar-refractivity contribution in [1.29, 1.82) is 0 Å². The second-order valence-corrected chi connectivity index (χ2v) is 10.9. The van der Waals surface area contributed by atoms with Crippen LogP contribution < -0.4 is 0 Å². The van der Waals surface area contributed by atoms with Gasteiger partial charge in [0.1, 0.15) is 0 Å². The first-order valence-electron chi connectivity index (χ1n) is 11.5. The standard InChI is InChI=1S/C28H38O2S/c1-27(2,25(29)23-15-7-5-8-16-23)19-11-13-21-31-22-14-12-20-28(3,4)26(30)24-17-9-6-10-18-24/h5-10,15-18H,11-14,19-22H2,1-4H3. The monoisotopic (exact) mass is 438 g/mol. The highest BCUT2D eigenvalue weighted by molar-refractivity contribution is 7.99. The average Bonchev–Trinajstić information content (AvgIpc) is 2.78. The zero-order valence-corrected chi connectivity index (χ0v) is 20.5. The molecule has 0 radical (unpaired) electrons. The molecule has 2 nitrogen and oxygen atoms in total. The van der Waals surface area contributed by atoms with Crippen molar-refractivity contribution in [2.75, 3.05) is 11.5 Å². The van der Waals surface area contributed by atoms with Gasteiger partial charge in [-0.25, -0.2) is 0 Å². The lowest BCUT2D eigenvalue weighted by atomic mass is 9.80. The number of benzene rings is 2. The summed E-state index contributed by atoms with van der Waals surface area (Å²) >= 11 is 1.99. The van der Waals surface area contributed by atoms with Crippen LogP contribution in [-0.2, 0) is 0 Å². The van der Waals surface area contributed by atoms with E-state index in [0.29, 0.717) is 0 Å². The van der Waals surface area contributed by atoms with Crippen molar-refractivity contribution in [2.45, 2.75) is 66.2 Å². The first-order chi connectivity index (χ1) is 14.7. The average molecular weight is 439 g/mol. The molecule has 2 aromatic carbocycles. The van der Waals surface area contributed by atoms with E-state index in [1.54, 1.807) is 0 Å². The molecule has 0 aliphatic rings. The van der Waals surface area contributed by atoms with E-state index in [-0.39, 0.29) is 22.4 Å². The molecule has 0 spiro atoms. The quantitative estimate of drug-likeness (QED) is 0.222. The van der Waals surface area contributed by atoms with Gasteiger partial charge in [-0.2, -0.15) is 11.8 Å². The molecular weight excluding hydrogens is 400 g/mol. The fourth-order valence-corrected chi connectivity index (χ4v) is 4.85. The van der Waals surface area contributed by atoms with Gasteiger partial charge in [0.25, 0.3) is 0 Å². The number of hydrogen-bond donors (Lipinski definition) is 0. The molecule has 0 saturated heterocycles. The van der Waals surface area contributed by atoms with Gasteiger partial charge in [-0.1, -0.05) is 101 Å². The number of ketones is 2. The lowest BCUT2D eigenvalue weighted by molar-refractivity contribution is 0.0818. The van der Waals surface area contributed by atoms with Crippen LogP contribution in [0.1, 0.15) is 86.9 Å². The fraction of sp³-hybridized carbons (Fsp3) is 0.500. The molecule has 0 saturated carbocycles. The molecule has 0 N–H and O–H groups in total. The summed E-state index contributed by atoms with van der Waals surface area (Å²) in [6, 6.07) is 19.3. The van der Waals surface area contributed by atoms with Crippen LogP contribution in [0.5, 0.6) is 0 Å². The molecule has 31 heavy (non-hydrogen) atoms. The van der Waals surface area contributed by atoms with Gasteiger partial charge in [0, 0.05) is 22.0 Å². The molecule has 0 fully saturated rings. The Balaban J connectivity index is 1.57. The smallest absolute Gasteiger partial charge is 0.168 e. The van der Waals surface area contributed by atoms with Gasteiger partial charge < -0.3 is 0 Å². The van der Waals surface area contributed by atoms with E-state index < -0.39 is 0 Å². The summed E-state index contributed by atoms with van der Waals surface area (Å²) in [5.74, 6) is 2.77. The van der Waals surface area contributed by atoms with E-state index in [1.807, 2.05) is 72.4 Å². The Hall–Kier alpha value is -1.87. The Kier molecular flexibility index (Phi) is 10.0. The maximum absolute atomic E-state index is 12.7. The third-order valence-electron chi connectivity index (χ3n) is 5.98. The van der Waals surface area contributed by atoms with Crippen LogP contribution in [0.25, 0.3) is 0 Å². The Labute approximate surface area is 193 Å². The van der Waals surface area contributed by atoms with E-state index in [1.165, 1.54) is 0 Å². The third-order valence-corrected chi connectivity index (χ3v) is 7.14. The molecule has 0 aliphatic carbocycles. The molecular formula is C28H38O2S. The van der Waals surface area contributed by atoms with E-state index in [4.69, 9.17) is 0 Å². The van der Waals surface area contributed by atoms with Crippen molar-refractivity contribution in [3.8, 4) is 0 Å². The molecule has 0 unspecified atom stereocenters. The normalized spacial score (nSPS) is 12.0. The summed E-state index contributed by atoms with van der Waals surface area (Å²) in [6.45, 7) is 8.25. The third kappa shape index (κ3) is 8.29. The predicted molar refractivity (Wildman–Crippen MR) is 134 cm³/mol. The van der Waals surface area contributed by atoms with Gasteiger partial charge in [0.15, 0.2) is 11.6 Å². The highest BCUT2D eigenvalue weighted by Gasteiger charge is 2.28. The second-order valence-electron chi connectivity index (χ2n) is 9.68. The topological polar surface area (TPSA) is 34.1 Å². The van der Waals surface area contributed by atoms with Crippen molar-refractivity contribution >= 4 is 23.3 Å². The first kappa shape index (κ1) is 25.4. The highest BCUT2D eigenvalue weighted by Crippen LogP contribution is 2.30. The Morgan fingerprint density at radius 3 is 1.32 bits per heavy atom. The highest BCUT2D eigenvalue weighted by atomic mass is 32.2. The molecule has 2 rings (SSSR count). The summed E-state index contributed by atoms with van der Waals surface area (Å²) in [6.07, 6.45) is 6.31. The number of unbranched alkanes of at least 4 members (excludes halogenated alkanes) is 2. The molecule has 0 amide bonds. The number of carbonyl (C=O) groups excluding carboxylic acids is 2. The number of carbonyl (C=O) groups is 2. The summed E-state index contributed by atoms with van der Waals surface area (Å²) in [7, 11) is 0. The molecule has 0 bridgehead atoms. The first-order valence-corrected chi connectivity index (χ1v) is 12.7. The van der Waals surface area contributed by atoms with Gasteiger partial charge in [0.05, 0.1) is 0 Å². The minimum atomic E-state index is -0.303. The van der Waals surface area contributed by atoms with E-state index in [9.17, 15) is 9.59 Å². The minimum Gasteiger partial charge on any atom is -0.294 e. The maximum atomic E-state index is 12.7. The molecule has 0 atom stereocenters. The number of thioether (sulfide) groups is 1. The lowest BCUT2D eigenvalue weighted by Gasteiger charge is -2.23. The fourth-order valence-electron chi connectivity index (χ4n) is 3.83. The predicted octanol–water partition coefficient (Wildman–Crippen LogP) is 7.88. The Morgan fingerprint density at radius 2 is 0.968 bits per heavy atom. The van der Waals surface area contributed by atoms with Crippen LogP contribution >= 0.6 is 11.8 Å². The Morgan fingerprint density at radius 1 is 0.613 bits per heavy atom. The van der Waals surface area contributed by atoms with Crippen molar-refractivity contribution in [3.05, 3.63) is 71.8 Å². The molecule has 0 heterocycles. The van der Waals surface area contributed by atoms with Crippen LogP contribution in [0.4, 0.5) is 0 Å². The number of hydrogen-bond acceptors (Lipinski definition) is 3. The summed E-state index contributed by atoms with van der Waals surface area (Å²) in [5.41, 5.74) is 1.03. The van der Waals surface area contributed by atoms with Crippen molar-refractivity contribution in [3.63, 3.8) is 0 Å². The minimum absolute atomic E-state index is 0.244. The number of Topliss-reactive ketones (excluding diaryl/α,β-unsaturated/α-hetero) is 2. The largest absolute Gasteiger partial charge is 0.294 e. The Bertz CT molecular complexity index is 740. The van der Waals surface area contributed by atoms with Gasteiger partial charge >= 0.3 is 0 Å². The van der Waals surface area contributed by atoms with Gasteiger partial charge in [-0.3, -0.25) is 9.59 Å². The van der Waals surface area contributed by atoms with Crippen molar-refractivity contribution < 1.29 is 9.59 Å². The maximum Gasteiger partial charge on any atom is 0.168 e. The van der Waals surface area contributed by atoms with Gasteiger partial charge in [-0.05, 0) is 37.2 Å². The summed E-state index contributed by atoms with van der Waals surface area (Å²) in [4.78, 5) is 25.4. The molecule has 0 aromatic heterocycles. The van der Waals surface area contributed by atoms with Gasteiger partial charge in [0.2, 0.25) is 0 Å². The SMILES string of the molecule is CC(C)(CCCCSCCCCC(C)(C)C(=O)c1ccccc1)C(=O)c1ccccc1. The van der Waals surface area contributed by atoms with Gasteiger partial charge in [-0.15, -0.1) is 0 Å². The summed E-state index contributed by atoms with van der Waals surface area (Å²) in [5, 5.41) is 0. The van der Waals surface area contributed by atoms with Crippen molar-refractivity contribution in [2.24, 2.45) is 10.8 Å². The lowest BCUT2D eigenvalue weighted by Crippen LogP contribution is -2.24. The van der Waals surface area contributed by atoms with E-state index in [0.717, 1.165) is 61.2 Å². The second kappa shape index (κ2) is 12.2. The number of rotatable bonds is 14.